The molecule has 0 fully saturated rings. The number of carboxylic acid groups (broad SMARTS) is 1. The highest BCUT2D eigenvalue weighted by Crippen LogP contribution is 2.44. The van der Waals surface area contributed by atoms with Gasteiger partial charge in [-0.25, -0.2) is 9.18 Å². The fraction of sp³-hybridized carbons (Fsp3) is 0.286. The maximum absolute atomic E-state index is 15.2. The number of aliphatic carboxylic acids is 1. The summed E-state index contributed by atoms with van der Waals surface area (Å²) in [5.74, 6) is -1.70. The number of carboxylic acids is 1. The van der Waals surface area contributed by atoms with Crippen molar-refractivity contribution in [2.24, 2.45) is 0 Å². The minimum absolute atomic E-state index is 0.0785. The Bertz CT molecular complexity index is 1160. The number of aromatic nitrogens is 2. The van der Waals surface area contributed by atoms with E-state index >= 15 is 4.39 Å². The van der Waals surface area contributed by atoms with Crippen molar-refractivity contribution >= 4 is 16.9 Å². The van der Waals surface area contributed by atoms with Crippen molar-refractivity contribution in [3.63, 3.8) is 0 Å². The van der Waals surface area contributed by atoms with E-state index in [1.165, 1.54) is 12.1 Å². The van der Waals surface area contributed by atoms with E-state index in [1.807, 2.05) is 6.92 Å². The van der Waals surface area contributed by atoms with E-state index in [2.05, 4.69) is 4.98 Å². The highest BCUT2D eigenvalue weighted by atomic mass is 19.1. The van der Waals surface area contributed by atoms with Crippen LogP contribution in [0.4, 0.5) is 4.39 Å². The Labute approximate surface area is 160 Å². The monoisotopic (exact) mass is 382 g/mol. The van der Waals surface area contributed by atoms with E-state index < -0.39 is 23.9 Å². The van der Waals surface area contributed by atoms with Gasteiger partial charge in [-0.2, -0.15) is 0 Å². The average Bonchev–Trinajstić information content (AvgIpc) is 2.62. The summed E-state index contributed by atoms with van der Waals surface area (Å²) in [7, 11) is 0. The maximum atomic E-state index is 15.2. The second kappa shape index (κ2) is 6.44. The highest BCUT2D eigenvalue weighted by molar-refractivity contribution is 5.94. The Morgan fingerprint density at radius 3 is 2.57 bits per heavy atom. The first-order valence-electron chi connectivity index (χ1n) is 9.04. The molecule has 3 heterocycles. The van der Waals surface area contributed by atoms with E-state index in [1.54, 1.807) is 36.7 Å². The lowest BCUT2D eigenvalue weighted by Crippen LogP contribution is -2.40. The third-order valence-corrected chi connectivity index (χ3v) is 5.10. The van der Waals surface area contributed by atoms with Crippen LogP contribution in [0, 0.1) is 19.7 Å². The highest BCUT2D eigenvalue weighted by Gasteiger charge is 2.38. The van der Waals surface area contributed by atoms with E-state index in [4.69, 9.17) is 4.74 Å². The van der Waals surface area contributed by atoms with Crippen molar-refractivity contribution in [2.75, 3.05) is 0 Å². The van der Waals surface area contributed by atoms with Crippen LogP contribution in [0.3, 0.4) is 0 Å². The van der Waals surface area contributed by atoms with Crippen LogP contribution < -0.4 is 10.2 Å². The second-order valence-corrected chi connectivity index (χ2v) is 7.04. The van der Waals surface area contributed by atoms with Crippen LogP contribution in [0.5, 0.6) is 5.75 Å². The Hall–Kier alpha value is -3.22. The number of pyridine rings is 2. The van der Waals surface area contributed by atoms with Crippen molar-refractivity contribution in [3.05, 3.63) is 57.9 Å². The number of carbonyl (C=O) groups is 1. The summed E-state index contributed by atoms with van der Waals surface area (Å²) in [6.45, 7) is 5.44. The molecule has 0 amide bonds. The van der Waals surface area contributed by atoms with Crippen molar-refractivity contribution in [1.29, 1.82) is 0 Å². The lowest BCUT2D eigenvalue weighted by atomic mass is 9.97. The van der Waals surface area contributed by atoms with Crippen molar-refractivity contribution in [2.45, 2.75) is 39.3 Å². The molecular weight excluding hydrogens is 363 g/mol. The van der Waals surface area contributed by atoms with Crippen LogP contribution in [0.15, 0.2) is 35.3 Å². The zero-order valence-electron chi connectivity index (χ0n) is 15.7. The summed E-state index contributed by atoms with van der Waals surface area (Å²) >= 11 is 0. The average molecular weight is 382 g/mol. The van der Waals surface area contributed by atoms with Gasteiger partial charge in [0.15, 0.2) is 11.2 Å². The van der Waals surface area contributed by atoms with Gasteiger partial charge in [-0.3, -0.25) is 9.78 Å². The Morgan fingerprint density at radius 1 is 1.29 bits per heavy atom. The number of nitrogens with zero attached hydrogens (tertiary/aromatic N) is 2. The quantitative estimate of drug-likeness (QED) is 0.748. The Balaban J connectivity index is 2.14. The molecule has 0 bridgehead atoms. The summed E-state index contributed by atoms with van der Waals surface area (Å²) in [6.07, 6.45) is 0.855. The first-order chi connectivity index (χ1) is 13.3. The summed E-state index contributed by atoms with van der Waals surface area (Å²) in [5, 5.41) is 9.86. The predicted octanol–water partition coefficient (Wildman–Crippen LogP) is 3.62. The molecule has 1 unspecified atom stereocenters. The van der Waals surface area contributed by atoms with Crippen molar-refractivity contribution in [3.8, 4) is 16.9 Å². The molecule has 28 heavy (non-hydrogen) atoms. The fourth-order valence-electron chi connectivity index (χ4n) is 3.99. The number of hydrogen-bond acceptors (Lipinski definition) is 4. The van der Waals surface area contributed by atoms with E-state index in [0.29, 0.717) is 28.9 Å². The molecule has 3 aromatic rings. The van der Waals surface area contributed by atoms with Crippen LogP contribution in [0.1, 0.15) is 30.8 Å². The van der Waals surface area contributed by atoms with Crippen molar-refractivity contribution in [1.82, 2.24) is 9.55 Å². The molecule has 2 atom stereocenters. The molecule has 0 aliphatic carbocycles. The lowest BCUT2D eigenvalue weighted by molar-refractivity contribution is -0.147. The standard InChI is InChI=1S/C21H19FN2O4/c1-4-15-19(21(26)27)28-20-17(12-7-10(2)23-11(3)8-12)14(22)9-13-16(25)5-6-24(15)18(13)20/h5-9,15,19H,4H2,1-3H3,(H,26,27)/t15?,19-/m0/s1. The molecule has 144 valence electrons. The third-order valence-electron chi connectivity index (χ3n) is 5.10. The molecule has 7 heteroatoms. The summed E-state index contributed by atoms with van der Waals surface area (Å²) in [6, 6.07) is 5.45. The van der Waals surface area contributed by atoms with Gasteiger partial charge in [0.25, 0.3) is 0 Å². The molecule has 0 saturated heterocycles. The normalized spacial score (nSPS) is 18.1. The van der Waals surface area contributed by atoms with Crippen LogP contribution in [-0.4, -0.2) is 26.7 Å². The molecule has 1 aromatic carbocycles. The second-order valence-electron chi connectivity index (χ2n) is 7.04. The number of ether oxygens (including phenoxy) is 1. The number of hydrogen-bond donors (Lipinski definition) is 1. The number of rotatable bonds is 3. The van der Waals surface area contributed by atoms with Gasteiger partial charge in [-0.05, 0) is 44.0 Å². The van der Waals surface area contributed by atoms with Crippen molar-refractivity contribution < 1.29 is 19.0 Å². The molecule has 6 nitrogen and oxygen atoms in total. The van der Waals surface area contributed by atoms with Gasteiger partial charge < -0.3 is 14.4 Å². The molecular formula is C21H19FN2O4. The molecule has 4 rings (SSSR count). The number of benzene rings is 1. The topological polar surface area (TPSA) is 81.4 Å². The van der Waals surface area contributed by atoms with Gasteiger partial charge in [-0.1, -0.05) is 6.92 Å². The van der Waals surface area contributed by atoms with Crippen LogP contribution >= 0.6 is 0 Å². The minimum atomic E-state index is -1.19. The van der Waals surface area contributed by atoms with Gasteiger partial charge >= 0.3 is 5.97 Å². The number of halogens is 1. The smallest absolute Gasteiger partial charge is 0.347 e. The molecule has 0 spiro atoms. The van der Waals surface area contributed by atoms with Gasteiger partial charge in [0, 0.05) is 23.7 Å². The summed E-state index contributed by atoms with van der Waals surface area (Å²) in [5.41, 5.74) is 2.14. The third kappa shape index (κ3) is 2.66. The van der Waals surface area contributed by atoms with Gasteiger partial charge in [0.1, 0.15) is 5.82 Å². The Kier molecular flexibility index (Phi) is 4.18. The molecule has 2 aromatic heterocycles. The van der Waals surface area contributed by atoms with Gasteiger partial charge in [-0.15, -0.1) is 0 Å². The molecule has 1 aliphatic heterocycles. The van der Waals surface area contributed by atoms with E-state index in [9.17, 15) is 14.7 Å². The summed E-state index contributed by atoms with van der Waals surface area (Å²) in [4.78, 5) is 28.5. The van der Waals surface area contributed by atoms with Crippen LogP contribution in [0.25, 0.3) is 22.0 Å². The first-order valence-corrected chi connectivity index (χ1v) is 9.04. The summed E-state index contributed by atoms with van der Waals surface area (Å²) < 4.78 is 22.7. The molecule has 1 N–H and O–H groups in total. The van der Waals surface area contributed by atoms with Crippen LogP contribution in [0.2, 0.25) is 0 Å². The molecule has 0 radical (unpaired) electrons. The molecule has 0 saturated carbocycles. The lowest BCUT2D eigenvalue weighted by Gasteiger charge is -2.34. The zero-order valence-corrected chi connectivity index (χ0v) is 15.7. The van der Waals surface area contributed by atoms with Gasteiger partial charge in [0.05, 0.1) is 22.5 Å². The minimum Gasteiger partial charge on any atom is -0.478 e. The predicted molar refractivity (Wildman–Crippen MR) is 102 cm³/mol. The largest absolute Gasteiger partial charge is 0.478 e. The van der Waals surface area contributed by atoms with Gasteiger partial charge in [0.2, 0.25) is 6.10 Å². The van der Waals surface area contributed by atoms with Crippen LogP contribution in [-0.2, 0) is 4.79 Å². The SMILES string of the molecule is CCC1[C@@H](C(=O)O)Oc2c(-c3cc(C)nc(C)c3)c(F)cc3c(=O)ccn1c23. The fourth-order valence-corrected chi connectivity index (χ4v) is 3.99. The zero-order chi connectivity index (χ0) is 20.2. The first kappa shape index (κ1) is 18.2. The molecule has 1 aliphatic rings. The maximum Gasteiger partial charge on any atom is 0.347 e. The Morgan fingerprint density at radius 2 is 1.96 bits per heavy atom. The van der Waals surface area contributed by atoms with E-state index in [-0.39, 0.29) is 22.1 Å². The number of aryl methyl sites for hydroxylation is 2. The van der Waals surface area contributed by atoms with E-state index in [0.717, 1.165) is 0 Å².